The molecule has 3 nitrogen and oxygen atoms in total. The number of unbranched alkanes of at least 4 members (excludes halogenated alkanes) is 1. The average Bonchev–Trinajstić information content (AvgIpc) is 2.05. The Morgan fingerprint density at radius 2 is 2.08 bits per heavy atom. The molecule has 0 heterocycles. The average molecular weight is 256 g/mol. The van der Waals surface area contributed by atoms with Crippen molar-refractivity contribution in [1.29, 1.82) is 0 Å². The molecule has 2 unspecified atom stereocenters. The normalized spacial score (nSPS) is 13.3. The van der Waals surface area contributed by atoms with Gasteiger partial charge in [-0.25, -0.2) is 0 Å². The van der Waals surface area contributed by atoms with Gasteiger partial charge in [0.2, 0.25) is 0 Å². The topological polar surface area (TPSA) is 49.4 Å². The van der Waals surface area contributed by atoms with Crippen molar-refractivity contribution in [3.05, 3.63) is 0 Å². The fraction of sp³-hybridized carbons (Fsp3) is 1.00. The van der Waals surface area contributed by atoms with Crippen LogP contribution in [0.1, 0.15) is 39.5 Å². The van der Waals surface area contributed by atoms with Crippen LogP contribution in [-0.4, -0.2) is 6.61 Å². The van der Waals surface area contributed by atoms with Crippen LogP contribution in [0.5, 0.6) is 0 Å². The van der Waals surface area contributed by atoms with Crippen molar-refractivity contribution in [2.45, 2.75) is 39.5 Å². The first kappa shape index (κ1) is 16.0. The molecule has 0 aliphatic carbocycles. The summed E-state index contributed by atoms with van der Waals surface area (Å²) in [6, 6.07) is 0. The van der Waals surface area contributed by atoms with E-state index in [2.05, 4.69) is 18.4 Å². The van der Waals surface area contributed by atoms with Gasteiger partial charge >= 0.3 is 25.3 Å². The first-order valence-corrected chi connectivity index (χ1v) is 5.57. The second kappa shape index (κ2) is 10.6. The van der Waals surface area contributed by atoms with Gasteiger partial charge in [0.05, 0.1) is 0 Å². The van der Waals surface area contributed by atoms with Gasteiger partial charge in [0, 0.05) is 0 Å². The van der Waals surface area contributed by atoms with E-state index >= 15 is 0 Å². The Bertz CT molecular complexity index is 133. The summed E-state index contributed by atoms with van der Waals surface area (Å²) < 4.78 is 14.7. The van der Waals surface area contributed by atoms with E-state index in [1.54, 1.807) is 0 Å². The van der Waals surface area contributed by atoms with Crippen molar-refractivity contribution in [3.63, 3.8) is 0 Å². The summed E-state index contributed by atoms with van der Waals surface area (Å²) in [6.45, 7) is 4.54. The van der Waals surface area contributed by atoms with Crippen LogP contribution in [0.3, 0.4) is 0 Å². The Morgan fingerprint density at radius 1 is 1.46 bits per heavy atom. The quantitative estimate of drug-likeness (QED) is 0.518. The smallest absolute Gasteiger partial charge is 0.566 e. The van der Waals surface area contributed by atoms with E-state index in [1.165, 1.54) is 0 Å². The molecule has 0 aromatic rings. The monoisotopic (exact) mass is 255 g/mol. The fourth-order valence-electron chi connectivity index (χ4n) is 1.06. The van der Waals surface area contributed by atoms with Crippen molar-refractivity contribution in [1.82, 2.24) is 0 Å². The van der Waals surface area contributed by atoms with E-state index < -0.39 is 8.25 Å². The third kappa shape index (κ3) is 10.5. The minimum Gasteiger partial charge on any atom is -0.566 e. The molecule has 0 N–H and O–H groups in total. The van der Waals surface area contributed by atoms with Crippen LogP contribution >= 0.6 is 8.25 Å². The molecule has 0 spiro atoms. The minimum atomic E-state index is -2.65. The first-order chi connectivity index (χ1) is 5.70. The molecule has 13 heavy (non-hydrogen) atoms. The maximum Gasteiger partial charge on any atom is 1.00 e. The van der Waals surface area contributed by atoms with Crippen LogP contribution in [0, 0.1) is 5.92 Å². The molecule has 0 saturated heterocycles. The largest absolute Gasteiger partial charge is 1.00 e. The number of hydrogen-bond donors (Lipinski definition) is 0. The van der Waals surface area contributed by atoms with Crippen LogP contribution in [0.2, 0.25) is 0 Å². The number of hydrogen-bond acceptors (Lipinski definition) is 3. The molecular formula is C8H17CuO3P+. The van der Waals surface area contributed by atoms with E-state index in [4.69, 9.17) is 0 Å². The third-order valence-electron chi connectivity index (χ3n) is 1.96. The van der Waals surface area contributed by atoms with Gasteiger partial charge in [-0.1, -0.05) is 33.1 Å². The van der Waals surface area contributed by atoms with Crippen molar-refractivity contribution in [2.75, 3.05) is 6.61 Å². The molecule has 0 bridgehead atoms. The summed E-state index contributed by atoms with van der Waals surface area (Å²) in [5.41, 5.74) is 0. The Labute approximate surface area is 91.7 Å². The van der Waals surface area contributed by atoms with Gasteiger partial charge in [0.25, 0.3) is 0 Å². The van der Waals surface area contributed by atoms with Crippen molar-refractivity contribution in [2.24, 2.45) is 5.92 Å². The fourth-order valence-corrected chi connectivity index (χ4v) is 1.40. The zero-order chi connectivity index (χ0) is 9.40. The van der Waals surface area contributed by atoms with Crippen LogP contribution in [-0.2, 0) is 26.2 Å². The van der Waals surface area contributed by atoms with Gasteiger partial charge < -0.3 is 4.89 Å². The van der Waals surface area contributed by atoms with Crippen molar-refractivity contribution >= 4 is 8.25 Å². The molecule has 0 radical (unpaired) electrons. The second-order valence-corrected chi connectivity index (χ2v) is 3.64. The molecule has 0 amide bonds. The maximum atomic E-state index is 10.1. The maximum absolute atomic E-state index is 10.1. The van der Waals surface area contributed by atoms with Crippen LogP contribution in [0.25, 0.3) is 0 Å². The molecule has 82 valence electrons. The van der Waals surface area contributed by atoms with Crippen molar-refractivity contribution < 1.29 is 31.1 Å². The Morgan fingerprint density at radius 3 is 2.46 bits per heavy atom. The summed E-state index contributed by atoms with van der Waals surface area (Å²) in [7, 11) is -2.65. The predicted octanol–water partition coefficient (Wildman–Crippen LogP) is 2.23. The summed E-state index contributed by atoms with van der Waals surface area (Å²) in [5.74, 6) is 0.401. The molecule has 0 aromatic carbocycles. The zero-order valence-electron chi connectivity index (χ0n) is 8.09. The Hall–Kier alpha value is 0.539. The van der Waals surface area contributed by atoms with Gasteiger partial charge in [-0.2, -0.15) is 0 Å². The molecule has 0 saturated carbocycles. The van der Waals surface area contributed by atoms with Crippen LogP contribution in [0.4, 0.5) is 0 Å². The van der Waals surface area contributed by atoms with Gasteiger partial charge in [0.1, 0.15) is 6.61 Å². The minimum absolute atomic E-state index is 0. The van der Waals surface area contributed by atoms with Gasteiger partial charge in [0.15, 0.2) is 0 Å². The zero-order valence-corrected chi connectivity index (χ0v) is 9.92. The Kier molecular flexibility index (Phi) is 13.1. The molecule has 0 fully saturated rings. The summed E-state index contributed by atoms with van der Waals surface area (Å²) >= 11 is 0. The van der Waals surface area contributed by atoms with Crippen LogP contribution < -0.4 is 4.89 Å². The van der Waals surface area contributed by atoms with E-state index in [1.807, 2.05) is 0 Å². The van der Waals surface area contributed by atoms with Gasteiger partial charge in [-0.05, 0) is 16.9 Å². The van der Waals surface area contributed by atoms with E-state index in [9.17, 15) is 9.46 Å². The van der Waals surface area contributed by atoms with Crippen molar-refractivity contribution in [3.8, 4) is 0 Å². The van der Waals surface area contributed by atoms with Gasteiger partial charge in [-0.3, -0.25) is 0 Å². The standard InChI is InChI=1S/C8H17O3P.Cu/c1-3-5-6-8(4-2)7-11-12(9)10;/h8H,3-7H2,1-2H3;/q;+1. The molecular weight excluding hydrogens is 239 g/mol. The van der Waals surface area contributed by atoms with Crippen LogP contribution in [0.15, 0.2) is 0 Å². The first-order valence-electron chi connectivity index (χ1n) is 4.48. The molecule has 2 atom stereocenters. The molecule has 0 aliphatic heterocycles. The molecule has 5 heteroatoms. The second-order valence-electron chi connectivity index (χ2n) is 2.94. The number of rotatable bonds is 7. The summed E-state index contributed by atoms with van der Waals surface area (Å²) in [4.78, 5) is 10.1. The van der Waals surface area contributed by atoms with E-state index in [0.29, 0.717) is 12.5 Å². The SMILES string of the molecule is CCCCC(CC)CO[P+](=O)[O-].[Cu+]. The molecule has 0 aromatic heterocycles. The van der Waals surface area contributed by atoms with E-state index in [0.717, 1.165) is 25.7 Å². The van der Waals surface area contributed by atoms with Gasteiger partial charge in [-0.15, -0.1) is 4.52 Å². The predicted molar refractivity (Wildman–Crippen MR) is 46.9 cm³/mol. The Balaban J connectivity index is 0. The summed E-state index contributed by atoms with van der Waals surface area (Å²) in [6.07, 6.45) is 4.36. The molecule has 0 rings (SSSR count). The third-order valence-corrected chi connectivity index (χ3v) is 2.32. The molecule has 0 aliphatic rings. The summed E-state index contributed by atoms with van der Waals surface area (Å²) in [5, 5.41) is 0. The van der Waals surface area contributed by atoms with E-state index in [-0.39, 0.29) is 17.1 Å².